The van der Waals surface area contributed by atoms with Crippen LogP contribution in [-0.2, 0) is 20.3 Å². The summed E-state index contributed by atoms with van der Waals surface area (Å²) in [5, 5.41) is 11.2. The van der Waals surface area contributed by atoms with Gasteiger partial charge in [0.05, 0.1) is 29.6 Å². The van der Waals surface area contributed by atoms with Gasteiger partial charge in [0, 0.05) is 45.1 Å². The summed E-state index contributed by atoms with van der Waals surface area (Å²) in [6, 6.07) is 3.02. The van der Waals surface area contributed by atoms with Crippen molar-refractivity contribution in [1.29, 1.82) is 0 Å². The first-order chi connectivity index (χ1) is 18.0. The van der Waals surface area contributed by atoms with Crippen LogP contribution in [-0.4, -0.2) is 47.2 Å². The van der Waals surface area contributed by atoms with Gasteiger partial charge in [-0.25, -0.2) is 19.6 Å². The van der Waals surface area contributed by atoms with Crippen LogP contribution in [0.25, 0.3) is 11.4 Å². The molecule has 4 rings (SSSR count). The lowest BCUT2D eigenvalue weighted by molar-refractivity contribution is -0.141. The van der Waals surface area contributed by atoms with Crippen molar-refractivity contribution in [1.82, 2.24) is 34.5 Å². The zero-order valence-electron chi connectivity index (χ0n) is 20.6. The molecule has 0 aliphatic rings. The van der Waals surface area contributed by atoms with E-state index in [1.807, 2.05) is 6.92 Å². The van der Waals surface area contributed by atoms with Crippen LogP contribution in [0.1, 0.15) is 30.2 Å². The second-order valence-electron chi connectivity index (χ2n) is 8.34. The number of rotatable bonds is 7. The maximum atomic E-state index is 13.3. The van der Waals surface area contributed by atoms with Gasteiger partial charge in [0.2, 0.25) is 5.88 Å². The van der Waals surface area contributed by atoms with Gasteiger partial charge in [-0.15, -0.1) is 0 Å². The summed E-state index contributed by atoms with van der Waals surface area (Å²) in [5.41, 5.74) is 5.99. The number of alkyl halides is 3. The van der Waals surface area contributed by atoms with Gasteiger partial charge in [-0.3, -0.25) is 4.68 Å². The van der Waals surface area contributed by atoms with Crippen LogP contribution in [0.3, 0.4) is 0 Å². The van der Waals surface area contributed by atoms with Gasteiger partial charge in [-0.2, -0.15) is 23.4 Å². The quantitative estimate of drug-likeness (QED) is 0.265. The second kappa shape index (κ2) is 11.0. The number of halogens is 4. The summed E-state index contributed by atoms with van der Waals surface area (Å²) in [5.74, 6) is 6.52. The normalized spacial score (nSPS) is 12.1. The molecule has 1 atom stereocenters. The molecule has 0 aliphatic heterocycles. The monoisotopic (exact) mass is 545 g/mol. The minimum Gasteiger partial charge on any atom is -0.477 e. The maximum absolute atomic E-state index is 13.3. The Morgan fingerprint density at radius 1 is 1.18 bits per heavy atom. The minimum absolute atomic E-state index is 0.126. The van der Waals surface area contributed by atoms with Crippen molar-refractivity contribution in [3.63, 3.8) is 0 Å². The Labute approximate surface area is 221 Å². The van der Waals surface area contributed by atoms with E-state index < -0.39 is 11.9 Å². The van der Waals surface area contributed by atoms with Crippen molar-refractivity contribution < 1.29 is 17.9 Å². The van der Waals surface area contributed by atoms with Gasteiger partial charge in [0.25, 0.3) is 0 Å². The molecule has 198 valence electrons. The highest BCUT2D eigenvalue weighted by Gasteiger charge is 2.36. The lowest BCUT2D eigenvalue weighted by Gasteiger charge is -2.17. The van der Waals surface area contributed by atoms with Gasteiger partial charge < -0.3 is 15.8 Å². The van der Waals surface area contributed by atoms with E-state index in [1.165, 1.54) is 19.4 Å². The molecule has 14 heteroatoms. The van der Waals surface area contributed by atoms with Gasteiger partial charge >= 0.3 is 6.18 Å². The molecular weight excluding hydrogens is 523 g/mol. The van der Waals surface area contributed by atoms with Gasteiger partial charge in [0.15, 0.2) is 11.5 Å². The molecule has 3 N–H and O–H groups in total. The third kappa shape index (κ3) is 6.33. The van der Waals surface area contributed by atoms with E-state index in [0.717, 1.165) is 4.68 Å². The number of nitrogens with two attached hydrogens (primary N) is 1. The van der Waals surface area contributed by atoms with E-state index in [0.29, 0.717) is 47.4 Å². The summed E-state index contributed by atoms with van der Waals surface area (Å²) in [7, 11) is 3.14. The Morgan fingerprint density at radius 2 is 1.95 bits per heavy atom. The minimum atomic E-state index is -4.62. The van der Waals surface area contributed by atoms with Crippen molar-refractivity contribution in [2.24, 2.45) is 14.1 Å². The zero-order valence-corrected chi connectivity index (χ0v) is 21.3. The van der Waals surface area contributed by atoms with Crippen LogP contribution in [0, 0.1) is 11.8 Å². The molecule has 0 saturated heterocycles. The fourth-order valence-electron chi connectivity index (χ4n) is 3.50. The van der Waals surface area contributed by atoms with E-state index in [-0.39, 0.29) is 16.8 Å². The average Bonchev–Trinajstić information content (AvgIpc) is 3.41. The second-order valence-corrected chi connectivity index (χ2v) is 8.73. The third-order valence-electron chi connectivity index (χ3n) is 5.29. The average molecular weight is 546 g/mol. The summed E-state index contributed by atoms with van der Waals surface area (Å²) in [6.07, 6.45) is 1.70. The third-order valence-corrected chi connectivity index (χ3v) is 5.50. The molecule has 4 heterocycles. The van der Waals surface area contributed by atoms with Crippen LogP contribution < -0.4 is 15.8 Å². The van der Waals surface area contributed by atoms with E-state index in [9.17, 15) is 13.2 Å². The van der Waals surface area contributed by atoms with Crippen LogP contribution in [0.4, 0.5) is 24.7 Å². The molecule has 4 aromatic rings. The summed E-state index contributed by atoms with van der Waals surface area (Å²) < 4.78 is 48.4. The Bertz CT molecular complexity index is 1500. The molecule has 10 nitrogen and oxygen atoms in total. The van der Waals surface area contributed by atoms with Crippen molar-refractivity contribution in [3.8, 4) is 29.1 Å². The van der Waals surface area contributed by atoms with Crippen LogP contribution in [0.15, 0.2) is 36.9 Å². The van der Waals surface area contributed by atoms with Gasteiger partial charge in [-0.05, 0) is 19.1 Å². The van der Waals surface area contributed by atoms with Crippen molar-refractivity contribution >= 4 is 23.1 Å². The molecule has 0 fully saturated rings. The fraction of sp³-hybridized carbons (Fsp3) is 0.292. The van der Waals surface area contributed by atoms with Gasteiger partial charge in [0.1, 0.15) is 16.5 Å². The Kier molecular flexibility index (Phi) is 7.72. The molecule has 0 radical (unpaired) electrons. The predicted molar refractivity (Wildman–Crippen MR) is 135 cm³/mol. The molecule has 0 aromatic carbocycles. The molecule has 0 spiro atoms. The lowest BCUT2D eigenvalue weighted by atomic mass is 10.1. The molecule has 4 aromatic heterocycles. The van der Waals surface area contributed by atoms with Crippen molar-refractivity contribution in [3.05, 3.63) is 58.9 Å². The van der Waals surface area contributed by atoms with Crippen LogP contribution in [0.2, 0.25) is 5.15 Å². The highest BCUT2D eigenvalue weighted by Crippen LogP contribution is 2.30. The first-order valence-electron chi connectivity index (χ1n) is 11.3. The van der Waals surface area contributed by atoms with E-state index in [1.54, 1.807) is 36.3 Å². The number of pyridine rings is 1. The number of nitrogens with zero attached hydrogens (tertiary/aromatic N) is 7. The van der Waals surface area contributed by atoms with Crippen molar-refractivity contribution in [2.45, 2.75) is 25.6 Å². The zero-order chi connectivity index (χ0) is 27.4. The Hall–Kier alpha value is -4.31. The molecular formula is C24H23ClF3N9O. The highest BCUT2D eigenvalue weighted by molar-refractivity contribution is 6.29. The number of anilines is 2. The van der Waals surface area contributed by atoms with E-state index in [2.05, 4.69) is 42.3 Å². The first-order valence-corrected chi connectivity index (χ1v) is 11.7. The number of hydrogen-bond acceptors (Lipinski definition) is 8. The molecule has 0 aliphatic carbocycles. The van der Waals surface area contributed by atoms with Crippen LogP contribution >= 0.6 is 11.6 Å². The lowest BCUT2D eigenvalue weighted by Crippen LogP contribution is -2.19. The number of aryl methyl sites for hydroxylation is 2. The SMILES string of the molecule is C[C@@H](CCOc1c(-c2nccc(N)n2)cnn1C)Nc1cc(Cl)ncc1C#Cc1cn(C)nc1C(F)(F)F. The molecule has 0 amide bonds. The highest BCUT2D eigenvalue weighted by atomic mass is 35.5. The molecule has 38 heavy (non-hydrogen) atoms. The number of ether oxygens (including phenoxy) is 1. The first kappa shape index (κ1) is 26.7. The van der Waals surface area contributed by atoms with E-state index in [4.69, 9.17) is 22.1 Å². The van der Waals surface area contributed by atoms with Gasteiger partial charge in [-0.1, -0.05) is 23.4 Å². The number of nitrogens with one attached hydrogen (secondary N) is 1. The summed E-state index contributed by atoms with van der Waals surface area (Å²) in [6.45, 7) is 2.23. The number of aromatic nitrogens is 7. The van der Waals surface area contributed by atoms with E-state index >= 15 is 0 Å². The maximum Gasteiger partial charge on any atom is 0.436 e. The smallest absolute Gasteiger partial charge is 0.436 e. The Morgan fingerprint density at radius 3 is 2.68 bits per heavy atom. The topological polar surface area (TPSA) is 122 Å². The van der Waals surface area contributed by atoms with Crippen molar-refractivity contribution in [2.75, 3.05) is 17.7 Å². The fourth-order valence-corrected chi connectivity index (χ4v) is 3.65. The summed E-state index contributed by atoms with van der Waals surface area (Å²) in [4.78, 5) is 12.5. The Balaban J connectivity index is 1.45. The predicted octanol–water partition coefficient (Wildman–Crippen LogP) is 3.93. The summed E-state index contributed by atoms with van der Waals surface area (Å²) >= 11 is 6.07. The largest absolute Gasteiger partial charge is 0.477 e. The number of hydrogen-bond donors (Lipinski definition) is 2. The number of nitrogen functional groups attached to an aromatic ring is 1. The molecule has 0 unspecified atom stereocenters. The standard InChI is InChI=1S/C24H23ClF3N9O/c1-14(7-9-38-23-17(12-32-37(23)3)22-30-8-6-20(29)34-22)33-18-10-19(25)31-11-15(18)4-5-16-13-36(2)35-21(16)24(26,27)28/h6,8,10-14H,7,9H2,1-3H3,(H,31,33)(H2,29,30,34)/t14-/m0/s1. The molecule has 0 saturated carbocycles. The van der Waals surface area contributed by atoms with Crippen LogP contribution in [0.5, 0.6) is 5.88 Å². The molecule has 0 bridgehead atoms.